The molecule has 22 heavy (non-hydrogen) atoms. The summed E-state index contributed by atoms with van der Waals surface area (Å²) >= 11 is 0. The summed E-state index contributed by atoms with van der Waals surface area (Å²) in [6.45, 7) is 2.09. The van der Waals surface area contributed by atoms with E-state index < -0.39 is 0 Å². The predicted molar refractivity (Wildman–Crippen MR) is 91.8 cm³/mol. The second-order valence-electron chi connectivity index (χ2n) is 5.55. The van der Waals surface area contributed by atoms with Crippen molar-refractivity contribution in [1.82, 2.24) is 0 Å². The Morgan fingerprint density at radius 1 is 0.636 bits per heavy atom. The van der Waals surface area contributed by atoms with Crippen molar-refractivity contribution in [2.45, 2.75) is 6.92 Å². The molecule has 0 bridgehead atoms. The first kappa shape index (κ1) is 12.9. The molecule has 106 valence electrons. The quantitative estimate of drug-likeness (QED) is 0.435. The summed E-state index contributed by atoms with van der Waals surface area (Å²) in [4.78, 5) is 0. The largest absolute Gasteiger partial charge is 0.456 e. The van der Waals surface area contributed by atoms with Crippen LogP contribution in [0.15, 0.2) is 83.3 Å². The van der Waals surface area contributed by atoms with Crippen LogP contribution in [0.1, 0.15) is 5.56 Å². The van der Waals surface area contributed by atoms with Gasteiger partial charge in [0.15, 0.2) is 0 Å². The average Bonchev–Trinajstić information content (AvgIpc) is 2.97. The first-order valence-corrected chi connectivity index (χ1v) is 7.46. The Bertz CT molecular complexity index is 932. The van der Waals surface area contributed by atoms with E-state index in [4.69, 9.17) is 4.42 Å². The maximum absolute atomic E-state index is 6.14. The number of benzene rings is 3. The highest BCUT2D eigenvalue weighted by molar-refractivity contribution is 5.86. The van der Waals surface area contributed by atoms with Gasteiger partial charge in [0.25, 0.3) is 0 Å². The SMILES string of the molecule is Cc1cc(-c2ccc3ccccc3c2)oc1-c1ccccc1. The molecule has 1 aromatic heterocycles. The smallest absolute Gasteiger partial charge is 0.137 e. The van der Waals surface area contributed by atoms with Crippen LogP contribution in [0, 0.1) is 6.92 Å². The predicted octanol–water partition coefficient (Wildman–Crippen LogP) is 6.08. The summed E-state index contributed by atoms with van der Waals surface area (Å²) in [6.07, 6.45) is 0. The Morgan fingerprint density at radius 2 is 1.36 bits per heavy atom. The topological polar surface area (TPSA) is 13.1 Å². The minimum Gasteiger partial charge on any atom is -0.456 e. The Kier molecular flexibility index (Phi) is 3.05. The van der Waals surface area contributed by atoms with Gasteiger partial charge in [-0.15, -0.1) is 0 Å². The van der Waals surface area contributed by atoms with Gasteiger partial charge in [-0.2, -0.15) is 0 Å². The molecule has 0 atom stereocenters. The summed E-state index contributed by atoms with van der Waals surface area (Å²) in [5.74, 6) is 1.87. The van der Waals surface area contributed by atoms with Crippen molar-refractivity contribution in [3.05, 3.63) is 84.4 Å². The van der Waals surface area contributed by atoms with Gasteiger partial charge in [-0.1, -0.05) is 66.7 Å². The van der Waals surface area contributed by atoms with Crippen molar-refractivity contribution in [2.24, 2.45) is 0 Å². The van der Waals surface area contributed by atoms with Crippen molar-refractivity contribution in [3.63, 3.8) is 0 Å². The summed E-state index contributed by atoms with van der Waals surface area (Å²) in [6, 6.07) is 27.2. The number of rotatable bonds is 2. The van der Waals surface area contributed by atoms with Crippen LogP contribution >= 0.6 is 0 Å². The van der Waals surface area contributed by atoms with Crippen molar-refractivity contribution in [1.29, 1.82) is 0 Å². The number of hydrogen-bond donors (Lipinski definition) is 0. The summed E-state index contributed by atoms with van der Waals surface area (Å²) in [5, 5.41) is 2.48. The fourth-order valence-electron chi connectivity index (χ4n) is 2.84. The molecule has 0 N–H and O–H groups in total. The Balaban J connectivity index is 1.82. The second-order valence-corrected chi connectivity index (χ2v) is 5.55. The molecule has 0 fully saturated rings. The second kappa shape index (κ2) is 5.19. The first-order chi connectivity index (χ1) is 10.8. The van der Waals surface area contributed by atoms with Gasteiger partial charge in [0.1, 0.15) is 11.5 Å². The summed E-state index contributed by atoms with van der Waals surface area (Å²) in [5.41, 5.74) is 3.39. The molecule has 0 amide bonds. The van der Waals surface area contributed by atoms with Crippen LogP contribution in [0.5, 0.6) is 0 Å². The van der Waals surface area contributed by atoms with E-state index in [0.717, 1.165) is 28.2 Å². The van der Waals surface area contributed by atoms with Gasteiger partial charge in [-0.3, -0.25) is 0 Å². The van der Waals surface area contributed by atoms with Crippen LogP contribution < -0.4 is 0 Å². The molecule has 0 aliphatic carbocycles. The maximum atomic E-state index is 6.14. The third kappa shape index (κ3) is 2.21. The van der Waals surface area contributed by atoms with Crippen molar-refractivity contribution in [2.75, 3.05) is 0 Å². The third-order valence-electron chi connectivity index (χ3n) is 3.99. The van der Waals surface area contributed by atoms with Gasteiger partial charge in [-0.25, -0.2) is 0 Å². The van der Waals surface area contributed by atoms with E-state index in [9.17, 15) is 0 Å². The molecule has 0 spiro atoms. The lowest BCUT2D eigenvalue weighted by Gasteiger charge is -2.01. The maximum Gasteiger partial charge on any atom is 0.137 e. The Labute approximate surface area is 129 Å². The third-order valence-corrected chi connectivity index (χ3v) is 3.99. The monoisotopic (exact) mass is 284 g/mol. The van der Waals surface area contributed by atoms with Crippen LogP contribution in [-0.4, -0.2) is 0 Å². The van der Waals surface area contributed by atoms with Crippen LogP contribution in [-0.2, 0) is 0 Å². The Morgan fingerprint density at radius 3 is 2.18 bits per heavy atom. The number of hydrogen-bond acceptors (Lipinski definition) is 1. The molecule has 3 aromatic carbocycles. The lowest BCUT2D eigenvalue weighted by atomic mass is 10.1. The zero-order valence-electron chi connectivity index (χ0n) is 12.4. The van der Waals surface area contributed by atoms with E-state index in [1.54, 1.807) is 0 Å². The summed E-state index contributed by atoms with van der Waals surface area (Å²) in [7, 11) is 0. The lowest BCUT2D eigenvalue weighted by molar-refractivity contribution is 0.596. The van der Waals surface area contributed by atoms with E-state index >= 15 is 0 Å². The molecule has 4 aromatic rings. The van der Waals surface area contributed by atoms with Crippen molar-refractivity contribution >= 4 is 10.8 Å². The van der Waals surface area contributed by atoms with Gasteiger partial charge < -0.3 is 4.42 Å². The van der Waals surface area contributed by atoms with Crippen molar-refractivity contribution in [3.8, 4) is 22.6 Å². The first-order valence-electron chi connectivity index (χ1n) is 7.46. The molecule has 4 rings (SSSR count). The Hall–Kier alpha value is -2.80. The molecule has 0 saturated carbocycles. The zero-order chi connectivity index (χ0) is 14.9. The van der Waals surface area contributed by atoms with Gasteiger partial charge in [0.05, 0.1) is 0 Å². The molecule has 0 aliphatic rings. The normalized spacial score (nSPS) is 11.0. The van der Waals surface area contributed by atoms with Gasteiger partial charge in [0, 0.05) is 11.1 Å². The molecule has 1 nitrogen and oxygen atoms in total. The van der Waals surface area contributed by atoms with E-state index in [0.29, 0.717) is 0 Å². The van der Waals surface area contributed by atoms with Crippen LogP contribution in [0.2, 0.25) is 0 Å². The molecule has 1 heteroatoms. The summed E-state index contributed by atoms with van der Waals surface area (Å²) < 4.78 is 6.14. The number of furan rings is 1. The van der Waals surface area contributed by atoms with Gasteiger partial charge in [0.2, 0.25) is 0 Å². The molecule has 0 aliphatic heterocycles. The number of aryl methyl sites for hydroxylation is 1. The highest BCUT2D eigenvalue weighted by Crippen LogP contribution is 2.33. The molecule has 1 heterocycles. The van der Waals surface area contributed by atoms with Crippen LogP contribution in [0.3, 0.4) is 0 Å². The van der Waals surface area contributed by atoms with Crippen molar-refractivity contribution < 1.29 is 4.42 Å². The number of fused-ring (bicyclic) bond motifs is 1. The fourth-order valence-corrected chi connectivity index (χ4v) is 2.84. The van der Waals surface area contributed by atoms with Crippen LogP contribution in [0.25, 0.3) is 33.4 Å². The molecule has 0 saturated heterocycles. The fraction of sp³-hybridized carbons (Fsp3) is 0.0476. The molecule has 0 radical (unpaired) electrons. The van der Waals surface area contributed by atoms with E-state index in [1.165, 1.54) is 10.8 Å². The minimum atomic E-state index is 0.919. The van der Waals surface area contributed by atoms with E-state index in [1.807, 2.05) is 18.2 Å². The highest BCUT2D eigenvalue weighted by Gasteiger charge is 2.11. The molecular weight excluding hydrogens is 268 g/mol. The zero-order valence-corrected chi connectivity index (χ0v) is 12.4. The van der Waals surface area contributed by atoms with Gasteiger partial charge >= 0.3 is 0 Å². The molecule has 0 unspecified atom stereocenters. The van der Waals surface area contributed by atoms with E-state index in [-0.39, 0.29) is 0 Å². The van der Waals surface area contributed by atoms with Crippen LogP contribution in [0.4, 0.5) is 0 Å². The van der Waals surface area contributed by atoms with Gasteiger partial charge in [-0.05, 0) is 35.4 Å². The average molecular weight is 284 g/mol. The highest BCUT2D eigenvalue weighted by atomic mass is 16.3. The standard InChI is InChI=1S/C21H16O/c1-15-13-20(22-21(15)17-8-3-2-4-9-17)19-12-11-16-7-5-6-10-18(16)14-19/h2-14H,1H3. The molecular formula is C21H16O. The lowest BCUT2D eigenvalue weighted by Crippen LogP contribution is -1.76. The minimum absolute atomic E-state index is 0.919. The van der Waals surface area contributed by atoms with E-state index in [2.05, 4.69) is 67.6 Å².